The van der Waals surface area contributed by atoms with E-state index in [9.17, 15) is 4.79 Å². The van der Waals surface area contributed by atoms with Crippen molar-refractivity contribution in [1.82, 2.24) is 5.32 Å². The molecule has 3 heteroatoms. The Labute approximate surface area is 125 Å². The first-order valence-corrected chi connectivity index (χ1v) is 7.25. The number of aryl methyl sites for hydroxylation is 1. The third-order valence-corrected chi connectivity index (χ3v) is 3.40. The molecule has 0 aromatic heterocycles. The Morgan fingerprint density at radius 1 is 1.05 bits per heavy atom. The van der Waals surface area contributed by atoms with E-state index in [-0.39, 0.29) is 12.5 Å². The van der Waals surface area contributed by atoms with Crippen LogP contribution in [0.4, 0.5) is 0 Å². The van der Waals surface area contributed by atoms with Crippen molar-refractivity contribution in [2.24, 2.45) is 0 Å². The first-order valence-electron chi connectivity index (χ1n) is 7.25. The summed E-state index contributed by atoms with van der Waals surface area (Å²) in [5.74, 6) is -0.163. The Bertz CT molecular complexity index is 586. The predicted molar refractivity (Wildman–Crippen MR) is 85.3 cm³/mol. The summed E-state index contributed by atoms with van der Waals surface area (Å²) < 4.78 is 0. The Kier molecular flexibility index (Phi) is 5.12. The second-order valence-corrected chi connectivity index (χ2v) is 5.19. The van der Waals surface area contributed by atoms with Gasteiger partial charge in [0.15, 0.2) is 0 Å². The van der Waals surface area contributed by atoms with Crippen molar-refractivity contribution >= 4 is 5.91 Å². The van der Waals surface area contributed by atoms with Gasteiger partial charge in [0.05, 0.1) is 6.10 Å². The van der Waals surface area contributed by atoms with Crippen molar-refractivity contribution < 1.29 is 9.90 Å². The lowest BCUT2D eigenvalue weighted by Crippen LogP contribution is -2.30. The largest absolute Gasteiger partial charge is 0.392 e. The Balaban J connectivity index is 2.09. The minimum absolute atomic E-state index is 0.163. The molecule has 1 atom stereocenters. The number of benzene rings is 2. The van der Waals surface area contributed by atoms with Gasteiger partial charge in [-0.15, -0.1) is 0 Å². The summed E-state index contributed by atoms with van der Waals surface area (Å²) in [6.45, 7) is 4.04. The lowest BCUT2D eigenvalue weighted by molar-refractivity contribution is 0.0924. The number of hydrogen-bond acceptors (Lipinski definition) is 2. The second kappa shape index (κ2) is 7.04. The molecule has 0 aliphatic carbocycles. The van der Waals surface area contributed by atoms with Gasteiger partial charge in [-0.2, -0.15) is 0 Å². The van der Waals surface area contributed by atoms with E-state index in [2.05, 4.69) is 36.5 Å². The van der Waals surface area contributed by atoms with E-state index >= 15 is 0 Å². The molecule has 2 rings (SSSR count). The second-order valence-electron chi connectivity index (χ2n) is 5.19. The zero-order valence-corrected chi connectivity index (χ0v) is 12.5. The van der Waals surface area contributed by atoms with Crippen LogP contribution in [0.1, 0.15) is 29.8 Å². The average Bonchev–Trinajstić information content (AvgIpc) is 2.53. The van der Waals surface area contributed by atoms with Crippen molar-refractivity contribution in [3.8, 4) is 11.1 Å². The molecule has 0 saturated heterocycles. The molecule has 2 aromatic carbocycles. The predicted octanol–water partition coefficient (Wildman–Crippen LogP) is 3.03. The monoisotopic (exact) mass is 283 g/mol. The summed E-state index contributed by atoms with van der Waals surface area (Å²) in [4.78, 5) is 11.9. The van der Waals surface area contributed by atoms with Gasteiger partial charge < -0.3 is 10.4 Å². The van der Waals surface area contributed by atoms with Crippen LogP contribution in [0.5, 0.6) is 0 Å². The summed E-state index contributed by atoms with van der Waals surface area (Å²) in [6, 6.07) is 15.9. The Hall–Kier alpha value is -2.13. The molecule has 3 nitrogen and oxygen atoms in total. The highest BCUT2D eigenvalue weighted by atomic mass is 16.3. The molecule has 2 N–H and O–H groups in total. The van der Waals surface area contributed by atoms with Gasteiger partial charge in [0.25, 0.3) is 5.91 Å². The highest BCUT2D eigenvalue weighted by Crippen LogP contribution is 2.20. The summed E-state index contributed by atoms with van der Waals surface area (Å²) >= 11 is 0. The molecular weight excluding hydrogens is 262 g/mol. The van der Waals surface area contributed by atoms with Gasteiger partial charge in [-0.05, 0) is 42.2 Å². The van der Waals surface area contributed by atoms with Crippen molar-refractivity contribution in [3.63, 3.8) is 0 Å². The normalized spacial score (nSPS) is 12.0. The lowest BCUT2D eigenvalue weighted by Gasteiger charge is -2.08. The van der Waals surface area contributed by atoms with Gasteiger partial charge in [0, 0.05) is 12.1 Å². The van der Waals surface area contributed by atoms with Crippen LogP contribution in [0, 0.1) is 0 Å². The molecule has 0 saturated carbocycles. The summed E-state index contributed by atoms with van der Waals surface area (Å²) in [5, 5.41) is 11.9. The summed E-state index contributed by atoms with van der Waals surface area (Å²) in [6.07, 6.45) is 0.494. The number of aliphatic hydroxyl groups excluding tert-OH is 1. The molecule has 0 heterocycles. The third-order valence-electron chi connectivity index (χ3n) is 3.40. The van der Waals surface area contributed by atoms with E-state index in [1.165, 1.54) is 5.56 Å². The van der Waals surface area contributed by atoms with Crippen LogP contribution in [0.3, 0.4) is 0 Å². The lowest BCUT2D eigenvalue weighted by atomic mass is 10.0. The first-order chi connectivity index (χ1) is 10.1. The zero-order chi connectivity index (χ0) is 15.2. The van der Waals surface area contributed by atoms with E-state index in [4.69, 9.17) is 5.11 Å². The van der Waals surface area contributed by atoms with E-state index < -0.39 is 6.10 Å². The zero-order valence-electron chi connectivity index (χ0n) is 12.5. The first kappa shape index (κ1) is 15.3. The van der Waals surface area contributed by atoms with Crippen molar-refractivity contribution in [3.05, 3.63) is 59.7 Å². The van der Waals surface area contributed by atoms with Crippen molar-refractivity contribution in [2.75, 3.05) is 6.54 Å². The molecule has 0 fully saturated rings. The molecule has 0 bridgehead atoms. The topological polar surface area (TPSA) is 49.3 Å². The molecule has 1 amide bonds. The van der Waals surface area contributed by atoms with E-state index in [1.54, 1.807) is 19.1 Å². The van der Waals surface area contributed by atoms with Crippen molar-refractivity contribution in [1.29, 1.82) is 0 Å². The number of hydrogen-bond donors (Lipinski definition) is 2. The number of nitrogens with one attached hydrogen (secondary N) is 1. The fourth-order valence-corrected chi connectivity index (χ4v) is 2.09. The smallest absolute Gasteiger partial charge is 0.251 e. The number of rotatable bonds is 5. The van der Waals surface area contributed by atoms with E-state index in [1.807, 2.05) is 12.1 Å². The maximum atomic E-state index is 11.9. The van der Waals surface area contributed by atoms with Gasteiger partial charge >= 0.3 is 0 Å². The van der Waals surface area contributed by atoms with Gasteiger partial charge in [-0.25, -0.2) is 0 Å². The maximum Gasteiger partial charge on any atom is 0.251 e. The molecular formula is C18H21NO2. The molecule has 0 aliphatic heterocycles. The molecule has 2 aromatic rings. The van der Waals surface area contributed by atoms with Crippen LogP contribution in [0.2, 0.25) is 0 Å². The fourth-order valence-electron chi connectivity index (χ4n) is 2.09. The number of amides is 1. The Morgan fingerprint density at radius 3 is 2.05 bits per heavy atom. The van der Waals surface area contributed by atoms with Crippen LogP contribution < -0.4 is 5.32 Å². The molecule has 0 radical (unpaired) electrons. The van der Waals surface area contributed by atoms with Crippen LogP contribution in [0.15, 0.2) is 48.5 Å². The van der Waals surface area contributed by atoms with Gasteiger partial charge in [-0.1, -0.05) is 43.3 Å². The van der Waals surface area contributed by atoms with Gasteiger partial charge in [-0.3, -0.25) is 4.79 Å². The molecule has 110 valence electrons. The molecule has 0 spiro atoms. The minimum Gasteiger partial charge on any atom is -0.392 e. The van der Waals surface area contributed by atoms with Crippen LogP contribution in [-0.2, 0) is 6.42 Å². The molecule has 21 heavy (non-hydrogen) atoms. The molecule has 0 unspecified atom stereocenters. The van der Waals surface area contributed by atoms with Crippen molar-refractivity contribution in [2.45, 2.75) is 26.4 Å². The summed E-state index contributed by atoms with van der Waals surface area (Å²) in [5.41, 5.74) is 4.14. The highest BCUT2D eigenvalue weighted by molar-refractivity contribution is 5.94. The van der Waals surface area contributed by atoms with E-state index in [0.29, 0.717) is 5.56 Å². The maximum absolute atomic E-state index is 11.9. The standard InChI is InChI=1S/C18H21NO2/c1-3-14-4-6-15(7-5-14)16-8-10-17(11-9-16)18(21)19-12-13(2)20/h4-11,13,20H,3,12H2,1-2H3,(H,19,21)/t13-/m1/s1. The highest BCUT2D eigenvalue weighted by Gasteiger charge is 2.06. The fraction of sp³-hybridized carbons (Fsp3) is 0.278. The van der Waals surface area contributed by atoms with Gasteiger partial charge in [0.1, 0.15) is 0 Å². The number of carbonyl (C=O) groups is 1. The Morgan fingerprint density at radius 2 is 1.57 bits per heavy atom. The molecule has 0 aliphatic rings. The number of carbonyl (C=O) groups excluding carboxylic acids is 1. The van der Waals surface area contributed by atoms with Crippen LogP contribution >= 0.6 is 0 Å². The van der Waals surface area contributed by atoms with Gasteiger partial charge in [0.2, 0.25) is 0 Å². The van der Waals surface area contributed by atoms with Crippen LogP contribution in [-0.4, -0.2) is 23.7 Å². The van der Waals surface area contributed by atoms with Crippen LogP contribution in [0.25, 0.3) is 11.1 Å². The third kappa shape index (κ3) is 4.17. The number of aliphatic hydroxyl groups is 1. The summed E-state index contributed by atoms with van der Waals surface area (Å²) in [7, 11) is 0. The quantitative estimate of drug-likeness (QED) is 0.886. The SMILES string of the molecule is CCc1ccc(-c2ccc(C(=O)NC[C@@H](C)O)cc2)cc1. The van der Waals surface area contributed by atoms with E-state index in [0.717, 1.165) is 17.5 Å². The average molecular weight is 283 g/mol. The minimum atomic E-state index is -0.537.